The summed E-state index contributed by atoms with van der Waals surface area (Å²) in [7, 11) is -2.14. The molecule has 0 atom stereocenters. The monoisotopic (exact) mass is 476 g/mol. The van der Waals surface area contributed by atoms with Crippen molar-refractivity contribution in [3.05, 3.63) is 78.3 Å². The van der Waals surface area contributed by atoms with Crippen LogP contribution >= 0.6 is 0 Å². The Bertz CT molecular complexity index is 1370. The number of ether oxygens (including phenoxy) is 1. The second-order valence-electron chi connectivity index (χ2n) is 7.39. The Morgan fingerprint density at radius 2 is 1.76 bits per heavy atom. The maximum absolute atomic E-state index is 13.8. The van der Waals surface area contributed by atoms with Gasteiger partial charge in [0.2, 0.25) is 0 Å². The largest absolute Gasteiger partial charge is 0.464 e. The predicted octanol–water partition coefficient (Wildman–Crippen LogP) is 5.37. The summed E-state index contributed by atoms with van der Waals surface area (Å²) in [5.74, 6) is 0.602. The first kappa shape index (κ1) is 22.8. The van der Waals surface area contributed by atoms with Crippen LogP contribution in [0.1, 0.15) is 11.3 Å². The second-order valence-corrected chi connectivity index (χ2v) is 9.37. The Morgan fingerprint density at radius 3 is 2.33 bits per heavy atom. The summed E-state index contributed by atoms with van der Waals surface area (Å²) in [5, 5.41) is 3.78. The number of nitrogens with zero attached hydrogens (tertiary/aromatic N) is 2. The molecule has 2 aromatic carbocycles. The number of methoxy groups -OCH3 is 1. The average molecular weight is 476 g/mol. The standard InChI is InChI=1S/C23H19F3N2O4S/c1-31-14-17-12-18(9-10-21(17)33(2,29)30)28-13-19(22(27-28)23(24,25)26)15-5-7-16(8-6-15)20-4-3-11-32-20/h3-13H,14H2,1-2H3. The van der Waals surface area contributed by atoms with Gasteiger partial charge in [0.15, 0.2) is 15.5 Å². The van der Waals surface area contributed by atoms with Crippen LogP contribution in [0.5, 0.6) is 0 Å². The fraction of sp³-hybridized carbons (Fsp3) is 0.174. The van der Waals surface area contributed by atoms with Crippen molar-refractivity contribution >= 4 is 9.84 Å². The third-order valence-corrected chi connectivity index (χ3v) is 6.19. The molecule has 0 aliphatic rings. The molecule has 0 saturated carbocycles. The Kier molecular flexibility index (Phi) is 5.89. The van der Waals surface area contributed by atoms with E-state index in [-0.39, 0.29) is 22.8 Å². The smallest absolute Gasteiger partial charge is 0.435 e. The van der Waals surface area contributed by atoms with E-state index in [0.29, 0.717) is 16.9 Å². The Morgan fingerprint density at radius 1 is 1.06 bits per heavy atom. The molecule has 0 amide bonds. The van der Waals surface area contributed by atoms with E-state index in [1.807, 2.05) is 0 Å². The summed E-state index contributed by atoms with van der Waals surface area (Å²) < 4.78 is 76.9. The summed E-state index contributed by atoms with van der Waals surface area (Å²) in [6.07, 6.45) is -0.845. The van der Waals surface area contributed by atoms with Gasteiger partial charge in [-0.15, -0.1) is 0 Å². The van der Waals surface area contributed by atoms with Crippen LogP contribution in [-0.4, -0.2) is 31.6 Å². The first-order valence-corrected chi connectivity index (χ1v) is 11.6. The molecule has 0 saturated heterocycles. The van der Waals surface area contributed by atoms with Crippen molar-refractivity contribution in [2.24, 2.45) is 0 Å². The molecule has 172 valence electrons. The number of sulfone groups is 1. The minimum atomic E-state index is -4.69. The highest BCUT2D eigenvalue weighted by atomic mass is 32.2. The van der Waals surface area contributed by atoms with E-state index in [1.165, 1.54) is 37.8 Å². The van der Waals surface area contributed by atoms with Crippen LogP contribution in [0.2, 0.25) is 0 Å². The van der Waals surface area contributed by atoms with E-state index >= 15 is 0 Å². The highest BCUT2D eigenvalue weighted by molar-refractivity contribution is 7.90. The lowest BCUT2D eigenvalue weighted by Crippen LogP contribution is -2.09. The molecule has 10 heteroatoms. The van der Waals surface area contributed by atoms with E-state index in [4.69, 9.17) is 9.15 Å². The van der Waals surface area contributed by atoms with Crippen molar-refractivity contribution in [1.29, 1.82) is 0 Å². The van der Waals surface area contributed by atoms with Gasteiger partial charge in [0, 0.05) is 30.7 Å². The predicted molar refractivity (Wildman–Crippen MR) is 116 cm³/mol. The van der Waals surface area contributed by atoms with Crippen LogP contribution in [0.4, 0.5) is 13.2 Å². The van der Waals surface area contributed by atoms with E-state index in [2.05, 4.69) is 5.10 Å². The van der Waals surface area contributed by atoms with Gasteiger partial charge >= 0.3 is 6.18 Å². The van der Waals surface area contributed by atoms with Gasteiger partial charge in [0.05, 0.1) is 23.5 Å². The van der Waals surface area contributed by atoms with E-state index < -0.39 is 21.7 Å². The molecule has 4 aromatic rings. The van der Waals surface area contributed by atoms with Crippen LogP contribution in [0.25, 0.3) is 28.1 Å². The van der Waals surface area contributed by atoms with Gasteiger partial charge in [-0.1, -0.05) is 24.3 Å². The van der Waals surface area contributed by atoms with Crippen LogP contribution < -0.4 is 0 Å². The maximum atomic E-state index is 13.8. The lowest BCUT2D eigenvalue weighted by molar-refractivity contribution is -0.140. The number of furan rings is 1. The molecule has 2 aromatic heterocycles. The molecule has 2 heterocycles. The first-order valence-electron chi connectivity index (χ1n) is 9.71. The maximum Gasteiger partial charge on any atom is 0.435 e. The third kappa shape index (κ3) is 4.71. The second kappa shape index (κ2) is 8.53. The Balaban J connectivity index is 1.80. The van der Waals surface area contributed by atoms with Crippen molar-refractivity contribution in [2.75, 3.05) is 13.4 Å². The molecule has 0 fully saturated rings. The topological polar surface area (TPSA) is 74.3 Å². The molecule has 0 spiro atoms. The van der Waals surface area contributed by atoms with Gasteiger partial charge in [-0.3, -0.25) is 0 Å². The number of aromatic nitrogens is 2. The molecule has 0 aliphatic heterocycles. The fourth-order valence-corrected chi connectivity index (χ4v) is 4.43. The van der Waals surface area contributed by atoms with Crippen molar-refractivity contribution in [3.63, 3.8) is 0 Å². The molecule has 0 unspecified atom stereocenters. The fourth-order valence-electron chi connectivity index (χ4n) is 3.52. The highest BCUT2D eigenvalue weighted by Crippen LogP contribution is 2.37. The third-order valence-electron chi connectivity index (χ3n) is 4.99. The highest BCUT2D eigenvalue weighted by Gasteiger charge is 2.37. The minimum Gasteiger partial charge on any atom is -0.464 e. The molecular formula is C23H19F3N2O4S. The summed E-state index contributed by atoms with van der Waals surface area (Å²) in [5.41, 5.74) is 0.506. The van der Waals surface area contributed by atoms with Crippen LogP contribution in [0.3, 0.4) is 0 Å². The molecule has 33 heavy (non-hydrogen) atoms. The molecular weight excluding hydrogens is 457 g/mol. The minimum absolute atomic E-state index is 0.0231. The Hall–Kier alpha value is -3.37. The number of hydrogen-bond acceptors (Lipinski definition) is 5. The van der Waals surface area contributed by atoms with Gasteiger partial charge in [0.25, 0.3) is 0 Å². The zero-order valence-electron chi connectivity index (χ0n) is 17.6. The summed E-state index contributed by atoms with van der Waals surface area (Å²) in [4.78, 5) is 0.0463. The molecule has 0 radical (unpaired) electrons. The van der Waals surface area contributed by atoms with E-state index in [1.54, 1.807) is 36.4 Å². The van der Waals surface area contributed by atoms with Gasteiger partial charge < -0.3 is 9.15 Å². The normalized spacial score (nSPS) is 12.3. The Labute approximate surface area is 188 Å². The summed E-state index contributed by atoms with van der Waals surface area (Å²) in [6.45, 7) is -0.0231. The number of benzene rings is 2. The molecule has 4 rings (SSSR count). The molecule has 0 aliphatic carbocycles. The molecule has 0 N–H and O–H groups in total. The van der Waals surface area contributed by atoms with Crippen LogP contribution in [-0.2, 0) is 27.4 Å². The summed E-state index contributed by atoms with van der Waals surface area (Å²) >= 11 is 0. The first-order chi connectivity index (χ1) is 15.6. The zero-order valence-corrected chi connectivity index (χ0v) is 18.4. The SMILES string of the molecule is COCc1cc(-n2cc(-c3ccc(-c4ccco4)cc3)c(C(F)(F)F)n2)ccc1S(C)(=O)=O. The van der Waals surface area contributed by atoms with Crippen molar-refractivity contribution in [1.82, 2.24) is 9.78 Å². The molecule has 0 bridgehead atoms. The van der Waals surface area contributed by atoms with Gasteiger partial charge in [-0.2, -0.15) is 18.3 Å². The van der Waals surface area contributed by atoms with Gasteiger partial charge in [-0.05, 0) is 41.5 Å². The lowest BCUT2D eigenvalue weighted by atomic mass is 10.0. The van der Waals surface area contributed by atoms with Gasteiger partial charge in [0.1, 0.15) is 5.76 Å². The summed E-state index contributed by atoms with van der Waals surface area (Å²) in [6, 6.07) is 14.2. The van der Waals surface area contributed by atoms with Crippen LogP contribution in [0.15, 0.2) is 76.4 Å². The van der Waals surface area contributed by atoms with Crippen molar-refractivity contribution in [2.45, 2.75) is 17.7 Å². The number of halogens is 3. The number of hydrogen-bond donors (Lipinski definition) is 0. The van der Waals surface area contributed by atoms with E-state index in [0.717, 1.165) is 16.5 Å². The van der Waals surface area contributed by atoms with E-state index in [9.17, 15) is 21.6 Å². The molecule has 6 nitrogen and oxygen atoms in total. The van der Waals surface area contributed by atoms with Gasteiger partial charge in [-0.25, -0.2) is 13.1 Å². The van der Waals surface area contributed by atoms with Crippen LogP contribution in [0, 0.1) is 0 Å². The van der Waals surface area contributed by atoms with Crippen molar-refractivity contribution < 1.29 is 30.7 Å². The van der Waals surface area contributed by atoms with Crippen molar-refractivity contribution in [3.8, 4) is 28.1 Å². The quantitative estimate of drug-likeness (QED) is 0.374. The zero-order chi connectivity index (χ0) is 23.8. The average Bonchev–Trinajstić information content (AvgIpc) is 3.43. The number of rotatable bonds is 6. The number of alkyl halides is 3. The lowest BCUT2D eigenvalue weighted by Gasteiger charge is -2.10.